The van der Waals surface area contributed by atoms with Gasteiger partial charge in [-0.05, 0) is 52.9 Å². The number of rotatable bonds is 4. The number of benzene rings is 3. The van der Waals surface area contributed by atoms with Gasteiger partial charge in [0.1, 0.15) is 12.4 Å². The summed E-state index contributed by atoms with van der Waals surface area (Å²) in [6, 6.07) is 20.0. The monoisotopic (exact) mass is 401 g/mol. The van der Waals surface area contributed by atoms with Crippen LogP contribution in [-0.4, -0.2) is 36.5 Å². The fourth-order valence-corrected chi connectivity index (χ4v) is 4.22. The Bertz CT molecular complexity index is 1160. The van der Waals surface area contributed by atoms with E-state index in [1.54, 1.807) is 18.2 Å². The maximum Gasteiger partial charge on any atom is 0.325 e. The van der Waals surface area contributed by atoms with Crippen molar-refractivity contribution in [2.24, 2.45) is 0 Å². The highest BCUT2D eigenvalue weighted by molar-refractivity contribution is 5.99. The Morgan fingerprint density at radius 1 is 0.933 bits per heavy atom. The van der Waals surface area contributed by atoms with Crippen LogP contribution in [-0.2, 0) is 11.2 Å². The number of carbonyl (C=O) groups is 2. The largest absolute Gasteiger partial charge is 0.325 e. The summed E-state index contributed by atoms with van der Waals surface area (Å²) < 4.78 is 14.0. The van der Waals surface area contributed by atoms with Crippen molar-refractivity contribution in [3.05, 3.63) is 83.7 Å². The van der Waals surface area contributed by atoms with Crippen LogP contribution in [0.4, 0.5) is 20.6 Å². The van der Waals surface area contributed by atoms with Crippen molar-refractivity contribution in [3.63, 3.8) is 0 Å². The molecule has 3 aromatic rings. The third kappa shape index (κ3) is 3.20. The lowest BCUT2D eigenvalue weighted by Gasteiger charge is -2.19. The van der Waals surface area contributed by atoms with Crippen molar-refractivity contribution >= 4 is 23.3 Å². The van der Waals surface area contributed by atoms with E-state index in [4.69, 9.17) is 0 Å². The molecule has 1 aliphatic heterocycles. The minimum absolute atomic E-state index is 0.0684. The molecule has 6 heteroatoms. The maximum absolute atomic E-state index is 14.0. The predicted molar refractivity (Wildman–Crippen MR) is 114 cm³/mol. The summed E-state index contributed by atoms with van der Waals surface area (Å²) in [5.41, 5.74) is 5.84. The van der Waals surface area contributed by atoms with Gasteiger partial charge in [0.25, 0.3) is 0 Å². The molecule has 0 spiro atoms. The molecule has 1 heterocycles. The van der Waals surface area contributed by atoms with Crippen LogP contribution in [0.2, 0.25) is 0 Å². The van der Waals surface area contributed by atoms with Crippen LogP contribution in [0.3, 0.4) is 0 Å². The van der Waals surface area contributed by atoms with E-state index in [9.17, 15) is 14.0 Å². The van der Waals surface area contributed by atoms with Gasteiger partial charge in [-0.2, -0.15) is 0 Å². The van der Waals surface area contributed by atoms with Gasteiger partial charge in [-0.1, -0.05) is 42.5 Å². The van der Waals surface area contributed by atoms with Crippen LogP contribution in [0.1, 0.15) is 11.1 Å². The van der Waals surface area contributed by atoms with E-state index in [1.165, 1.54) is 38.1 Å². The number of hydrogen-bond acceptors (Lipinski definition) is 2. The highest BCUT2D eigenvalue weighted by Crippen LogP contribution is 2.37. The minimum Gasteiger partial charge on any atom is -0.325 e. The van der Waals surface area contributed by atoms with Gasteiger partial charge in [-0.25, -0.2) is 9.18 Å². The molecule has 3 amide bonds. The molecule has 2 aliphatic rings. The number of para-hydroxylation sites is 1. The van der Waals surface area contributed by atoms with Crippen molar-refractivity contribution < 1.29 is 14.0 Å². The minimum atomic E-state index is -0.448. The van der Waals surface area contributed by atoms with E-state index in [0.717, 1.165) is 6.42 Å². The molecule has 0 atom stereocenters. The molecule has 0 radical (unpaired) electrons. The third-order valence-corrected chi connectivity index (χ3v) is 5.65. The summed E-state index contributed by atoms with van der Waals surface area (Å²) in [7, 11) is 0. The molecule has 3 aromatic carbocycles. The van der Waals surface area contributed by atoms with Crippen LogP contribution in [0.15, 0.2) is 66.7 Å². The van der Waals surface area contributed by atoms with E-state index in [2.05, 4.69) is 17.4 Å². The number of nitrogens with one attached hydrogen (secondary N) is 1. The Hall–Kier alpha value is -3.67. The number of nitrogens with zero attached hydrogens (tertiary/aromatic N) is 2. The number of urea groups is 1. The molecule has 30 heavy (non-hydrogen) atoms. The lowest BCUT2D eigenvalue weighted by atomic mass is 10.1. The first-order chi connectivity index (χ1) is 14.6. The summed E-state index contributed by atoms with van der Waals surface area (Å²) in [6.07, 6.45) is 0.845. The van der Waals surface area contributed by atoms with Crippen molar-refractivity contribution in [2.75, 3.05) is 29.9 Å². The van der Waals surface area contributed by atoms with Gasteiger partial charge in [-0.3, -0.25) is 9.69 Å². The van der Waals surface area contributed by atoms with Gasteiger partial charge in [0.2, 0.25) is 5.91 Å². The number of amides is 3. The first-order valence-electron chi connectivity index (χ1n) is 9.92. The lowest BCUT2D eigenvalue weighted by Crippen LogP contribution is -2.37. The molecule has 5 nitrogen and oxygen atoms in total. The second-order valence-corrected chi connectivity index (χ2v) is 7.56. The zero-order valence-electron chi connectivity index (χ0n) is 16.3. The predicted octanol–water partition coefficient (Wildman–Crippen LogP) is 4.28. The number of carbonyl (C=O) groups excluding carboxylic acids is 2. The van der Waals surface area contributed by atoms with Crippen molar-refractivity contribution in [2.45, 2.75) is 6.42 Å². The second-order valence-electron chi connectivity index (χ2n) is 7.56. The Labute approximate surface area is 173 Å². The van der Waals surface area contributed by atoms with Gasteiger partial charge in [0.15, 0.2) is 0 Å². The second kappa shape index (κ2) is 7.30. The van der Waals surface area contributed by atoms with Crippen LogP contribution in [0.25, 0.3) is 11.1 Å². The summed E-state index contributed by atoms with van der Waals surface area (Å²) >= 11 is 0. The number of hydrogen-bond donors (Lipinski definition) is 1. The fourth-order valence-electron chi connectivity index (χ4n) is 4.22. The van der Waals surface area contributed by atoms with Gasteiger partial charge >= 0.3 is 6.03 Å². The molecule has 0 aromatic heterocycles. The number of fused-ring (bicyclic) bond motifs is 3. The normalized spacial score (nSPS) is 14.6. The molecule has 1 aliphatic carbocycles. The van der Waals surface area contributed by atoms with Gasteiger partial charge < -0.3 is 10.2 Å². The molecule has 0 unspecified atom stereocenters. The zero-order valence-corrected chi connectivity index (χ0v) is 16.3. The average Bonchev–Trinajstić information content (AvgIpc) is 3.28. The Kier molecular flexibility index (Phi) is 4.47. The topological polar surface area (TPSA) is 52.7 Å². The Morgan fingerprint density at radius 3 is 2.57 bits per heavy atom. The van der Waals surface area contributed by atoms with Crippen LogP contribution in [0.5, 0.6) is 0 Å². The van der Waals surface area contributed by atoms with Gasteiger partial charge in [-0.15, -0.1) is 0 Å². The molecule has 1 fully saturated rings. The first kappa shape index (κ1) is 18.4. The summed E-state index contributed by atoms with van der Waals surface area (Å²) in [5, 5.41) is 2.89. The summed E-state index contributed by atoms with van der Waals surface area (Å²) in [5.74, 6) is -0.717. The molecule has 0 saturated carbocycles. The van der Waals surface area contributed by atoms with Gasteiger partial charge in [0, 0.05) is 18.8 Å². The molecule has 150 valence electrons. The molecular formula is C24H20FN3O2. The van der Waals surface area contributed by atoms with Crippen molar-refractivity contribution in [1.29, 1.82) is 0 Å². The smallest absolute Gasteiger partial charge is 0.325 e. The van der Waals surface area contributed by atoms with Crippen LogP contribution in [0, 0.1) is 5.82 Å². The Balaban J connectivity index is 1.25. The highest BCUT2D eigenvalue weighted by Gasteiger charge is 2.32. The first-order valence-corrected chi connectivity index (χ1v) is 9.92. The third-order valence-electron chi connectivity index (χ3n) is 5.65. The van der Waals surface area contributed by atoms with E-state index in [0.29, 0.717) is 18.8 Å². The number of anilines is 2. The van der Waals surface area contributed by atoms with Crippen molar-refractivity contribution in [1.82, 2.24) is 4.90 Å². The van der Waals surface area contributed by atoms with E-state index < -0.39 is 5.82 Å². The Morgan fingerprint density at radius 2 is 1.70 bits per heavy atom. The molecule has 5 rings (SSSR count). The van der Waals surface area contributed by atoms with Crippen molar-refractivity contribution in [3.8, 4) is 11.1 Å². The van der Waals surface area contributed by atoms with E-state index in [-0.39, 0.29) is 24.2 Å². The molecular weight excluding hydrogens is 381 g/mol. The molecule has 0 bridgehead atoms. The van der Waals surface area contributed by atoms with E-state index >= 15 is 0 Å². The SMILES string of the molecule is O=C(CN1CCN(c2ccccc2F)C1=O)Nc1ccc2c(c1)Cc1ccccc1-2. The fraction of sp³-hybridized carbons (Fsp3) is 0.167. The quantitative estimate of drug-likeness (QED) is 0.555. The average molecular weight is 401 g/mol. The highest BCUT2D eigenvalue weighted by atomic mass is 19.1. The molecule has 1 N–H and O–H groups in total. The van der Waals surface area contributed by atoms with E-state index in [1.807, 2.05) is 30.3 Å². The molecule has 1 saturated heterocycles. The van der Waals surface area contributed by atoms with Gasteiger partial charge in [0.05, 0.1) is 5.69 Å². The number of halogens is 1. The lowest BCUT2D eigenvalue weighted by molar-refractivity contribution is -0.116. The van der Waals surface area contributed by atoms with Crippen LogP contribution >= 0.6 is 0 Å². The summed E-state index contributed by atoms with van der Waals surface area (Å²) in [4.78, 5) is 28.0. The summed E-state index contributed by atoms with van der Waals surface area (Å²) in [6.45, 7) is 0.658. The maximum atomic E-state index is 14.0. The standard InChI is InChI=1S/C24H20FN3O2/c25-21-7-3-4-8-22(21)28-12-11-27(24(28)30)15-23(29)26-18-9-10-20-17(14-18)13-16-5-1-2-6-19(16)20/h1-10,14H,11-13,15H2,(H,26,29). The van der Waals surface area contributed by atoms with Crippen LogP contribution < -0.4 is 10.2 Å². The zero-order chi connectivity index (χ0) is 20.7.